The van der Waals surface area contributed by atoms with E-state index in [0.29, 0.717) is 19.3 Å². The zero-order valence-corrected chi connectivity index (χ0v) is 62.2. The van der Waals surface area contributed by atoms with Crippen LogP contribution in [0.4, 0.5) is 0 Å². The number of ether oxygens (including phenoxy) is 3. The first kappa shape index (κ1) is 92.7. The lowest BCUT2D eigenvalue weighted by atomic mass is 10.0. The molecule has 97 heavy (non-hydrogen) atoms. The van der Waals surface area contributed by atoms with Gasteiger partial charge in [-0.3, -0.25) is 32.5 Å². The minimum absolute atomic E-state index is 0.0872. The molecule has 18 heteroatoms. The lowest BCUT2D eigenvalue weighted by molar-refractivity contribution is -0.161. The Labute approximate surface area is 588 Å². The summed E-state index contributed by atoms with van der Waals surface area (Å²) in [4.78, 5) is 58.5. The van der Waals surface area contributed by atoms with Gasteiger partial charge in [-0.25, -0.2) is 9.13 Å². The standard InChI is InChI=1S/C79H134O16P2/c1-4-7-10-13-16-19-22-25-27-29-31-33-34-35-36-37-38-40-42-43-45-48-50-53-56-59-62-65-77(82)89-68-74(80)69-91-96(85,86)92-70-75(81)71-93-97(87,88)94-73-76(95-79(84)67-64-61-58-55-52-47-24-21-18-15-12-9-6-3)72-90-78(83)66-63-60-57-54-51-49-46-44-41-39-32-30-28-26-23-20-17-14-11-8-5-2/h7-8,10-11,16-17,19-21,24-28,31-33,35-36,39,44,46,74-76,80-81H,4-6,9,12-15,18,22-23,29-30,34,37-38,40-43,45,47-73H2,1-3H3,(H,85,86)(H,87,88)/b10-7-,11-8-,19-16-,20-17-,24-21-,27-25-,28-26-,33-31-,36-35-,39-32-,46-44-. The summed E-state index contributed by atoms with van der Waals surface area (Å²) in [5.41, 5.74) is 0. The molecule has 4 N–H and O–H groups in total. The maximum Gasteiger partial charge on any atom is 0.472 e. The van der Waals surface area contributed by atoms with Crippen LogP contribution in [0.1, 0.15) is 290 Å². The summed E-state index contributed by atoms with van der Waals surface area (Å²) in [5.74, 6) is -1.61. The van der Waals surface area contributed by atoms with E-state index in [1.807, 2.05) is 0 Å². The van der Waals surface area contributed by atoms with Gasteiger partial charge in [-0.2, -0.15) is 0 Å². The molecule has 0 radical (unpaired) electrons. The molecule has 0 saturated carbocycles. The largest absolute Gasteiger partial charge is 0.472 e. The number of esters is 3. The van der Waals surface area contributed by atoms with Crippen LogP contribution in [0.15, 0.2) is 134 Å². The highest BCUT2D eigenvalue weighted by Crippen LogP contribution is 2.45. The Morgan fingerprint density at radius 1 is 0.299 bits per heavy atom. The van der Waals surface area contributed by atoms with E-state index >= 15 is 0 Å². The van der Waals surface area contributed by atoms with Gasteiger partial charge in [-0.15, -0.1) is 0 Å². The maximum absolute atomic E-state index is 12.9. The van der Waals surface area contributed by atoms with Crippen LogP contribution in [0, 0.1) is 0 Å². The highest BCUT2D eigenvalue weighted by molar-refractivity contribution is 7.47. The topological polar surface area (TPSA) is 231 Å². The minimum Gasteiger partial charge on any atom is -0.463 e. The summed E-state index contributed by atoms with van der Waals surface area (Å²) < 4.78 is 61.0. The summed E-state index contributed by atoms with van der Waals surface area (Å²) >= 11 is 0. The molecule has 0 rings (SSSR count). The molecule has 0 amide bonds. The highest BCUT2D eigenvalue weighted by atomic mass is 31.2. The Hall–Kier alpha value is -4.31. The third-order valence-electron chi connectivity index (χ3n) is 15.3. The monoisotopic (exact) mass is 1400 g/mol. The number of aliphatic hydroxyl groups is 2. The Morgan fingerprint density at radius 2 is 0.546 bits per heavy atom. The SMILES string of the molecule is CC/C=C\C/C=C\C/C=C\C/C=C\C/C=C\CCCCCCCCCCCCCC(=O)OCC(O)COP(=O)(O)OCC(O)COP(=O)(O)OCC(COC(=O)CCCCCCC/C=C\C/C=C\C/C=C\C/C=C\C/C=C\CC)OC(=O)CCCCCCC/C=C\CCCCCC. The molecular formula is C79H134O16P2. The second-order valence-electron chi connectivity index (χ2n) is 24.7. The highest BCUT2D eigenvalue weighted by Gasteiger charge is 2.29. The van der Waals surface area contributed by atoms with Gasteiger partial charge in [-0.1, -0.05) is 270 Å². The Bertz CT molecular complexity index is 2300. The van der Waals surface area contributed by atoms with Crippen LogP contribution >= 0.6 is 15.6 Å². The first-order chi connectivity index (χ1) is 47.2. The van der Waals surface area contributed by atoms with Crippen molar-refractivity contribution in [3.8, 4) is 0 Å². The van der Waals surface area contributed by atoms with E-state index in [-0.39, 0.29) is 19.3 Å². The van der Waals surface area contributed by atoms with Crippen LogP contribution in [0.25, 0.3) is 0 Å². The van der Waals surface area contributed by atoms with Crippen molar-refractivity contribution >= 4 is 33.6 Å². The van der Waals surface area contributed by atoms with E-state index in [1.54, 1.807) is 0 Å². The predicted octanol–water partition coefficient (Wildman–Crippen LogP) is 21.5. The normalized spacial score (nSPS) is 14.8. The van der Waals surface area contributed by atoms with Crippen LogP contribution in [-0.4, -0.2) is 95.9 Å². The van der Waals surface area contributed by atoms with Gasteiger partial charge >= 0.3 is 33.6 Å². The fourth-order valence-electron chi connectivity index (χ4n) is 9.68. The van der Waals surface area contributed by atoms with Crippen molar-refractivity contribution in [3.05, 3.63) is 134 Å². The van der Waals surface area contributed by atoms with Gasteiger partial charge in [0.05, 0.1) is 26.4 Å². The van der Waals surface area contributed by atoms with Crippen molar-refractivity contribution in [3.63, 3.8) is 0 Å². The summed E-state index contributed by atoms with van der Waals surface area (Å²) in [5, 5.41) is 20.6. The number of aliphatic hydroxyl groups excluding tert-OH is 2. The van der Waals surface area contributed by atoms with Crippen molar-refractivity contribution in [2.24, 2.45) is 0 Å². The number of carbonyl (C=O) groups is 3. The molecular weight excluding hydrogens is 1270 g/mol. The molecule has 0 aromatic rings. The van der Waals surface area contributed by atoms with Crippen molar-refractivity contribution in [2.45, 2.75) is 309 Å². The van der Waals surface area contributed by atoms with E-state index in [1.165, 1.54) is 70.6 Å². The van der Waals surface area contributed by atoms with Gasteiger partial charge in [0.2, 0.25) is 0 Å². The number of allylic oxidation sites excluding steroid dienone is 22. The lowest BCUT2D eigenvalue weighted by Crippen LogP contribution is -2.30. The Kier molecular flexibility index (Phi) is 68.3. The zero-order valence-electron chi connectivity index (χ0n) is 60.5. The average Bonchev–Trinajstić information content (AvgIpc) is 1.63. The van der Waals surface area contributed by atoms with Gasteiger partial charge in [-0.05, 0) is 135 Å². The van der Waals surface area contributed by atoms with Crippen LogP contribution < -0.4 is 0 Å². The molecule has 0 fully saturated rings. The third-order valence-corrected chi connectivity index (χ3v) is 17.2. The van der Waals surface area contributed by atoms with Crippen molar-refractivity contribution in [2.75, 3.05) is 39.6 Å². The predicted molar refractivity (Wildman–Crippen MR) is 399 cm³/mol. The molecule has 0 aliphatic rings. The molecule has 0 aromatic heterocycles. The molecule has 0 bridgehead atoms. The second-order valence-corrected chi connectivity index (χ2v) is 27.6. The number of hydrogen-bond donors (Lipinski definition) is 4. The van der Waals surface area contributed by atoms with Gasteiger partial charge in [0, 0.05) is 19.3 Å². The van der Waals surface area contributed by atoms with Gasteiger partial charge in [0.15, 0.2) is 6.10 Å². The molecule has 556 valence electrons. The van der Waals surface area contributed by atoms with Crippen molar-refractivity contribution in [1.82, 2.24) is 0 Å². The van der Waals surface area contributed by atoms with Crippen molar-refractivity contribution < 1.29 is 75.8 Å². The fourth-order valence-corrected chi connectivity index (χ4v) is 11.3. The molecule has 16 nitrogen and oxygen atoms in total. The molecule has 5 unspecified atom stereocenters. The van der Waals surface area contributed by atoms with E-state index in [9.17, 15) is 43.5 Å². The van der Waals surface area contributed by atoms with Crippen molar-refractivity contribution in [1.29, 1.82) is 0 Å². The van der Waals surface area contributed by atoms with Crippen LogP contribution in [0.5, 0.6) is 0 Å². The van der Waals surface area contributed by atoms with Gasteiger partial charge < -0.3 is 34.2 Å². The first-order valence-corrected chi connectivity index (χ1v) is 40.5. The molecule has 0 saturated heterocycles. The van der Waals surface area contributed by atoms with E-state index in [4.69, 9.17) is 32.3 Å². The van der Waals surface area contributed by atoms with E-state index < -0.39 is 91.5 Å². The first-order valence-electron chi connectivity index (χ1n) is 37.5. The molecule has 0 heterocycles. The summed E-state index contributed by atoms with van der Waals surface area (Å²) in [6.07, 6.45) is 85.0. The van der Waals surface area contributed by atoms with Gasteiger partial charge in [0.1, 0.15) is 25.4 Å². The summed E-state index contributed by atoms with van der Waals surface area (Å²) in [7, 11) is -9.79. The number of hydrogen-bond acceptors (Lipinski definition) is 14. The van der Waals surface area contributed by atoms with Crippen LogP contribution in [-0.2, 0) is 55.8 Å². The number of carbonyl (C=O) groups excluding carboxylic acids is 3. The third kappa shape index (κ3) is 72.8. The lowest BCUT2D eigenvalue weighted by Gasteiger charge is -2.21. The van der Waals surface area contributed by atoms with Gasteiger partial charge in [0.25, 0.3) is 0 Å². The smallest absolute Gasteiger partial charge is 0.463 e. The fraction of sp³-hybridized carbons (Fsp3) is 0.684. The number of rotatable bonds is 70. The van der Waals surface area contributed by atoms with E-state index in [0.717, 1.165) is 161 Å². The Balaban J connectivity index is 4.55. The summed E-state index contributed by atoms with van der Waals surface area (Å²) in [6, 6.07) is 0. The van der Waals surface area contributed by atoms with Crippen LogP contribution in [0.2, 0.25) is 0 Å². The average molecular weight is 1400 g/mol. The quantitative estimate of drug-likeness (QED) is 0.0146. The molecule has 5 atom stereocenters. The second kappa shape index (κ2) is 71.5. The van der Waals surface area contributed by atoms with Crippen LogP contribution in [0.3, 0.4) is 0 Å². The number of unbranched alkanes of at least 4 members (excludes halogenated alkanes) is 25. The summed E-state index contributed by atoms with van der Waals surface area (Å²) in [6.45, 7) is 2.40. The molecule has 0 aliphatic heterocycles. The molecule has 0 spiro atoms. The number of phosphoric acid groups is 2. The van der Waals surface area contributed by atoms with E-state index in [2.05, 4.69) is 154 Å². The maximum atomic E-state index is 12.9. The number of phosphoric ester groups is 2. The molecule has 0 aliphatic carbocycles. The minimum atomic E-state index is -4.94. The Morgan fingerprint density at radius 3 is 0.876 bits per heavy atom. The zero-order chi connectivity index (χ0) is 70.9. The molecule has 0 aromatic carbocycles.